The first-order valence-corrected chi connectivity index (χ1v) is 8.36. The SMILES string of the molecule is CNC(=O)c1cc(OC2CCN(C(=O)COCC3CC3)C2)ccn1. The normalized spacial score (nSPS) is 20.0. The van der Waals surface area contributed by atoms with Crippen LogP contribution in [0.2, 0.25) is 0 Å². The third-order valence-electron chi connectivity index (χ3n) is 4.27. The molecule has 0 spiro atoms. The monoisotopic (exact) mass is 333 g/mol. The van der Waals surface area contributed by atoms with Crippen LogP contribution in [0, 0.1) is 5.92 Å². The number of hydrogen-bond donors (Lipinski definition) is 1. The van der Waals surface area contributed by atoms with Gasteiger partial charge in [0.15, 0.2) is 0 Å². The summed E-state index contributed by atoms with van der Waals surface area (Å²) in [5.74, 6) is 1.01. The molecule has 3 rings (SSSR count). The van der Waals surface area contributed by atoms with Crippen molar-refractivity contribution in [2.75, 3.05) is 33.4 Å². The molecule has 7 nitrogen and oxygen atoms in total. The van der Waals surface area contributed by atoms with Gasteiger partial charge in [-0.2, -0.15) is 0 Å². The van der Waals surface area contributed by atoms with Gasteiger partial charge in [0.25, 0.3) is 5.91 Å². The topological polar surface area (TPSA) is 80.8 Å². The molecule has 2 heterocycles. The van der Waals surface area contributed by atoms with E-state index in [-0.39, 0.29) is 24.5 Å². The smallest absolute Gasteiger partial charge is 0.269 e. The summed E-state index contributed by atoms with van der Waals surface area (Å²) in [7, 11) is 1.56. The van der Waals surface area contributed by atoms with E-state index in [1.54, 1.807) is 30.3 Å². The molecule has 1 atom stereocenters. The Hall–Kier alpha value is -2.15. The van der Waals surface area contributed by atoms with Crippen molar-refractivity contribution in [3.63, 3.8) is 0 Å². The van der Waals surface area contributed by atoms with E-state index in [4.69, 9.17) is 9.47 Å². The molecule has 0 aromatic carbocycles. The van der Waals surface area contributed by atoms with Crippen LogP contribution in [0.4, 0.5) is 0 Å². The quantitative estimate of drug-likeness (QED) is 0.800. The molecular formula is C17H23N3O4. The van der Waals surface area contributed by atoms with Crippen LogP contribution >= 0.6 is 0 Å². The van der Waals surface area contributed by atoms with Gasteiger partial charge in [-0.25, -0.2) is 0 Å². The molecule has 24 heavy (non-hydrogen) atoms. The second-order valence-corrected chi connectivity index (χ2v) is 6.28. The van der Waals surface area contributed by atoms with Crippen LogP contribution in [-0.4, -0.2) is 61.2 Å². The van der Waals surface area contributed by atoms with E-state index in [0.29, 0.717) is 37.1 Å². The maximum atomic E-state index is 12.1. The van der Waals surface area contributed by atoms with E-state index in [9.17, 15) is 9.59 Å². The minimum absolute atomic E-state index is 0.0162. The van der Waals surface area contributed by atoms with Crippen molar-refractivity contribution in [2.24, 2.45) is 5.92 Å². The molecule has 2 fully saturated rings. The third kappa shape index (κ3) is 4.44. The Morgan fingerprint density at radius 3 is 2.96 bits per heavy atom. The Labute approximate surface area is 141 Å². The second kappa shape index (κ2) is 7.61. The zero-order valence-corrected chi connectivity index (χ0v) is 13.9. The largest absolute Gasteiger partial charge is 0.488 e. The Kier molecular flexibility index (Phi) is 5.30. The summed E-state index contributed by atoms with van der Waals surface area (Å²) in [5, 5.41) is 2.53. The predicted octanol–water partition coefficient (Wildman–Crippen LogP) is 0.847. The van der Waals surface area contributed by atoms with E-state index in [2.05, 4.69) is 10.3 Å². The molecule has 0 radical (unpaired) electrons. The predicted molar refractivity (Wildman–Crippen MR) is 86.8 cm³/mol. The zero-order chi connectivity index (χ0) is 16.9. The Morgan fingerprint density at radius 2 is 2.21 bits per heavy atom. The van der Waals surface area contributed by atoms with E-state index < -0.39 is 0 Å². The Balaban J connectivity index is 1.46. The number of likely N-dealkylation sites (tertiary alicyclic amines) is 1. The Morgan fingerprint density at radius 1 is 1.38 bits per heavy atom. The van der Waals surface area contributed by atoms with Crippen molar-refractivity contribution in [2.45, 2.75) is 25.4 Å². The number of nitrogens with one attached hydrogen (secondary N) is 1. The molecular weight excluding hydrogens is 310 g/mol. The van der Waals surface area contributed by atoms with Crippen LogP contribution in [0.1, 0.15) is 29.8 Å². The molecule has 0 bridgehead atoms. The number of aromatic nitrogens is 1. The molecule has 1 aliphatic carbocycles. The molecule has 1 N–H and O–H groups in total. The number of pyridine rings is 1. The maximum absolute atomic E-state index is 12.1. The summed E-state index contributed by atoms with van der Waals surface area (Å²) in [5.41, 5.74) is 0.314. The minimum atomic E-state index is -0.253. The first kappa shape index (κ1) is 16.7. The van der Waals surface area contributed by atoms with E-state index in [0.717, 1.165) is 6.42 Å². The summed E-state index contributed by atoms with van der Waals surface area (Å²) in [4.78, 5) is 29.5. The highest BCUT2D eigenvalue weighted by molar-refractivity contribution is 5.92. The first-order valence-electron chi connectivity index (χ1n) is 8.36. The van der Waals surface area contributed by atoms with E-state index in [1.807, 2.05) is 0 Å². The molecule has 2 amide bonds. The maximum Gasteiger partial charge on any atom is 0.269 e. The number of ether oxygens (including phenoxy) is 2. The van der Waals surface area contributed by atoms with Crippen LogP contribution < -0.4 is 10.1 Å². The van der Waals surface area contributed by atoms with Crippen LogP contribution in [0.3, 0.4) is 0 Å². The van der Waals surface area contributed by atoms with Crippen molar-refractivity contribution >= 4 is 11.8 Å². The van der Waals surface area contributed by atoms with Gasteiger partial charge < -0.3 is 19.7 Å². The van der Waals surface area contributed by atoms with Gasteiger partial charge in [0.1, 0.15) is 24.2 Å². The third-order valence-corrected chi connectivity index (χ3v) is 4.27. The minimum Gasteiger partial charge on any atom is -0.488 e. The van der Waals surface area contributed by atoms with Gasteiger partial charge in [-0.05, 0) is 24.8 Å². The number of nitrogens with zero attached hydrogens (tertiary/aromatic N) is 2. The highest BCUT2D eigenvalue weighted by Crippen LogP contribution is 2.28. The van der Waals surface area contributed by atoms with Crippen LogP contribution in [0.5, 0.6) is 5.75 Å². The van der Waals surface area contributed by atoms with Gasteiger partial charge in [0.05, 0.1) is 13.2 Å². The van der Waals surface area contributed by atoms with Gasteiger partial charge >= 0.3 is 0 Å². The second-order valence-electron chi connectivity index (χ2n) is 6.28. The number of carbonyl (C=O) groups is 2. The summed E-state index contributed by atoms with van der Waals surface area (Å²) in [6.45, 7) is 2.06. The molecule has 7 heteroatoms. The van der Waals surface area contributed by atoms with Gasteiger partial charge in [-0.3, -0.25) is 14.6 Å². The zero-order valence-electron chi connectivity index (χ0n) is 13.9. The molecule has 1 aromatic rings. The molecule has 1 saturated carbocycles. The fourth-order valence-corrected chi connectivity index (χ4v) is 2.67. The lowest BCUT2D eigenvalue weighted by Gasteiger charge is -2.17. The van der Waals surface area contributed by atoms with Crippen molar-refractivity contribution in [3.8, 4) is 5.75 Å². The molecule has 130 valence electrons. The molecule has 1 aliphatic heterocycles. The van der Waals surface area contributed by atoms with Gasteiger partial charge in [0, 0.05) is 32.3 Å². The summed E-state index contributed by atoms with van der Waals surface area (Å²) < 4.78 is 11.3. The number of carbonyl (C=O) groups excluding carboxylic acids is 2. The fraction of sp³-hybridized carbons (Fsp3) is 0.588. The summed E-state index contributed by atoms with van der Waals surface area (Å²) >= 11 is 0. The molecule has 1 saturated heterocycles. The van der Waals surface area contributed by atoms with E-state index in [1.165, 1.54) is 12.8 Å². The van der Waals surface area contributed by atoms with Gasteiger partial charge in [-0.1, -0.05) is 0 Å². The summed E-state index contributed by atoms with van der Waals surface area (Å²) in [6.07, 6.45) is 4.68. The molecule has 1 unspecified atom stereocenters. The lowest BCUT2D eigenvalue weighted by atomic mass is 10.3. The number of amides is 2. The van der Waals surface area contributed by atoms with Crippen LogP contribution in [-0.2, 0) is 9.53 Å². The van der Waals surface area contributed by atoms with Crippen molar-refractivity contribution in [1.82, 2.24) is 15.2 Å². The number of rotatable bonds is 7. The summed E-state index contributed by atoms with van der Waals surface area (Å²) in [6, 6.07) is 3.33. The highest BCUT2D eigenvalue weighted by atomic mass is 16.5. The molecule has 1 aromatic heterocycles. The average molecular weight is 333 g/mol. The van der Waals surface area contributed by atoms with Crippen molar-refractivity contribution in [3.05, 3.63) is 24.0 Å². The van der Waals surface area contributed by atoms with Crippen LogP contribution in [0.15, 0.2) is 18.3 Å². The first-order chi connectivity index (χ1) is 11.7. The lowest BCUT2D eigenvalue weighted by molar-refractivity contribution is -0.135. The van der Waals surface area contributed by atoms with E-state index >= 15 is 0 Å². The number of hydrogen-bond acceptors (Lipinski definition) is 5. The fourth-order valence-electron chi connectivity index (χ4n) is 2.67. The lowest BCUT2D eigenvalue weighted by Crippen LogP contribution is -2.34. The van der Waals surface area contributed by atoms with Gasteiger partial charge in [0.2, 0.25) is 5.91 Å². The van der Waals surface area contributed by atoms with Gasteiger partial charge in [-0.15, -0.1) is 0 Å². The van der Waals surface area contributed by atoms with Crippen LogP contribution in [0.25, 0.3) is 0 Å². The van der Waals surface area contributed by atoms with Crippen molar-refractivity contribution < 1.29 is 19.1 Å². The Bertz CT molecular complexity index is 603. The highest BCUT2D eigenvalue weighted by Gasteiger charge is 2.28. The average Bonchev–Trinajstić information content (AvgIpc) is 3.30. The molecule has 2 aliphatic rings. The van der Waals surface area contributed by atoms with Crippen molar-refractivity contribution in [1.29, 1.82) is 0 Å². The standard InChI is InChI=1S/C17H23N3O4/c1-18-17(22)15-8-13(4-6-19-15)24-14-5-7-20(9-14)16(21)11-23-10-12-2-3-12/h4,6,8,12,14H,2-3,5,7,9-11H2,1H3,(H,18,22).